The lowest BCUT2D eigenvalue weighted by atomic mass is 9.50. The van der Waals surface area contributed by atoms with E-state index in [0.29, 0.717) is 18.4 Å². The van der Waals surface area contributed by atoms with Crippen LogP contribution in [0, 0.1) is 11.8 Å². The van der Waals surface area contributed by atoms with Crippen molar-refractivity contribution in [1.29, 1.82) is 0 Å². The Labute approximate surface area is 172 Å². The molecule has 4 aliphatic rings. The zero-order chi connectivity index (χ0) is 20.3. The Morgan fingerprint density at radius 2 is 2.00 bits per heavy atom. The fraction of sp³-hybridized carbons (Fsp3) is 0.571. The van der Waals surface area contributed by atoms with Gasteiger partial charge in [-0.05, 0) is 67.7 Å². The monoisotopic (exact) mass is 407 g/mol. The van der Waals surface area contributed by atoms with Crippen molar-refractivity contribution in [3.05, 3.63) is 41.1 Å². The van der Waals surface area contributed by atoms with Crippen LogP contribution in [0.5, 0.6) is 0 Å². The number of amides is 1. The molecular weight excluding hydrogens is 382 g/mol. The Hall–Kier alpha value is -2.97. The first kappa shape index (κ1) is 17.9. The van der Waals surface area contributed by atoms with Gasteiger partial charge in [-0.15, -0.1) is 10.2 Å². The smallest absolute Gasteiger partial charge is 0.326 e. The number of fused-ring (bicyclic) bond motifs is 1. The molecule has 0 spiro atoms. The summed E-state index contributed by atoms with van der Waals surface area (Å²) in [6, 6.07) is 7.57. The van der Waals surface area contributed by atoms with E-state index in [1.807, 2.05) is 24.3 Å². The zero-order valence-electron chi connectivity index (χ0n) is 16.8. The second kappa shape index (κ2) is 6.26. The highest BCUT2D eigenvalue weighted by Gasteiger charge is 2.60. The van der Waals surface area contributed by atoms with E-state index < -0.39 is 0 Å². The number of para-hydroxylation sites is 2. The highest BCUT2D eigenvalue weighted by molar-refractivity contribution is 5.78. The van der Waals surface area contributed by atoms with Gasteiger partial charge < -0.3 is 10.3 Å². The molecule has 4 aliphatic carbocycles. The predicted molar refractivity (Wildman–Crippen MR) is 109 cm³/mol. The molecular formula is C21H25N7O2. The van der Waals surface area contributed by atoms with Gasteiger partial charge in [0.2, 0.25) is 5.91 Å². The number of benzene rings is 1. The summed E-state index contributed by atoms with van der Waals surface area (Å²) >= 11 is 0. The minimum atomic E-state index is -0.194. The largest absolute Gasteiger partial charge is 0.350 e. The molecule has 1 amide bonds. The number of aryl methyl sites for hydroxylation is 1. The first-order valence-corrected chi connectivity index (χ1v) is 10.8. The number of aromatic amines is 1. The lowest BCUT2D eigenvalue weighted by Crippen LogP contribution is -2.66. The minimum Gasteiger partial charge on any atom is -0.350 e. The summed E-state index contributed by atoms with van der Waals surface area (Å²) < 4.78 is 1.65. The quantitative estimate of drug-likeness (QED) is 0.667. The average Bonchev–Trinajstić information content (AvgIpc) is 3.33. The number of nitrogens with zero attached hydrogens (tertiary/aromatic N) is 5. The maximum absolute atomic E-state index is 13.0. The van der Waals surface area contributed by atoms with Crippen LogP contribution in [0.15, 0.2) is 35.4 Å². The number of tetrazole rings is 1. The molecule has 7 rings (SSSR count). The SMILES string of the molecule is O=C(CCn1c(=O)[nH]c2ccccc21)NC12CC3CC(C1)CC(n1ncnn1)(C3)C2. The molecule has 156 valence electrons. The Morgan fingerprint density at radius 3 is 2.77 bits per heavy atom. The summed E-state index contributed by atoms with van der Waals surface area (Å²) in [4.78, 5) is 29.9. The molecule has 4 fully saturated rings. The van der Waals surface area contributed by atoms with Crippen LogP contribution in [-0.4, -0.2) is 41.2 Å². The number of hydrogen-bond acceptors (Lipinski definition) is 5. The molecule has 30 heavy (non-hydrogen) atoms. The molecule has 9 heteroatoms. The van der Waals surface area contributed by atoms with Crippen molar-refractivity contribution in [3.63, 3.8) is 0 Å². The molecule has 2 atom stereocenters. The van der Waals surface area contributed by atoms with Crippen LogP contribution in [0.2, 0.25) is 0 Å². The van der Waals surface area contributed by atoms with Crippen molar-refractivity contribution >= 4 is 16.9 Å². The third-order valence-corrected chi connectivity index (χ3v) is 7.45. The third-order valence-electron chi connectivity index (χ3n) is 7.45. The summed E-state index contributed by atoms with van der Waals surface area (Å²) in [5.74, 6) is 1.19. The van der Waals surface area contributed by atoms with Gasteiger partial charge in [0.1, 0.15) is 0 Å². The number of H-pyrrole nitrogens is 1. The van der Waals surface area contributed by atoms with Crippen LogP contribution in [-0.2, 0) is 16.9 Å². The normalized spacial score (nSPS) is 32.0. The number of rotatable bonds is 5. The molecule has 1 aromatic carbocycles. The maximum atomic E-state index is 13.0. The first-order chi connectivity index (χ1) is 14.5. The van der Waals surface area contributed by atoms with Crippen molar-refractivity contribution in [2.45, 2.75) is 62.6 Å². The van der Waals surface area contributed by atoms with Crippen LogP contribution in [0.3, 0.4) is 0 Å². The van der Waals surface area contributed by atoms with Crippen LogP contribution >= 0.6 is 0 Å². The molecule has 0 saturated heterocycles. The molecule has 4 bridgehead atoms. The van der Waals surface area contributed by atoms with Crippen LogP contribution in [0.1, 0.15) is 44.9 Å². The van der Waals surface area contributed by atoms with Gasteiger partial charge in [-0.3, -0.25) is 9.36 Å². The molecule has 2 N–H and O–H groups in total. The Bertz CT molecular complexity index is 1150. The zero-order valence-corrected chi connectivity index (χ0v) is 16.8. The van der Waals surface area contributed by atoms with Gasteiger partial charge in [0.25, 0.3) is 0 Å². The molecule has 0 aliphatic heterocycles. The third kappa shape index (κ3) is 2.71. The van der Waals surface area contributed by atoms with E-state index >= 15 is 0 Å². The average molecular weight is 407 g/mol. The predicted octanol–water partition coefficient (Wildman–Crippen LogP) is 1.57. The fourth-order valence-corrected chi connectivity index (χ4v) is 6.88. The van der Waals surface area contributed by atoms with Crippen molar-refractivity contribution < 1.29 is 4.79 Å². The van der Waals surface area contributed by atoms with Crippen molar-refractivity contribution in [1.82, 2.24) is 35.1 Å². The minimum absolute atomic E-state index is 0.0100. The van der Waals surface area contributed by atoms with E-state index in [1.165, 1.54) is 12.7 Å². The second-order valence-electron chi connectivity index (χ2n) is 9.59. The summed E-state index contributed by atoms with van der Waals surface area (Å²) in [6.45, 7) is 0.368. The first-order valence-electron chi connectivity index (χ1n) is 10.8. The van der Waals surface area contributed by atoms with Gasteiger partial charge in [0.15, 0.2) is 6.33 Å². The molecule has 2 aromatic heterocycles. The van der Waals surface area contributed by atoms with Crippen molar-refractivity contribution in [2.24, 2.45) is 11.8 Å². The number of aromatic nitrogens is 6. The summed E-state index contributed by atoms with van der Waals surface area (Å²) in [5.41, 5.74) is 1.14. The van der Waals surface area contributed by atoms with Gasteiger partial charge in [-0.25, -0.2) is 4.79 Å². The van der Waals surface area contributed by atoms with Crippen molar-refractivity contribution in [3.8, 4) is 0 Å². The van der Waals surface area contributed by atoms with Gasteiger partial charge in [-0.2, -0.15) is 4.80 Å². The number of carbonyl (C=O) groups is 1. The number of carbonyl (C=O) groups excluding carboxylic acids is 1. The van der Waals surface area contributed by atoms with Gasteiger partial charge in [-0.1, -0.05) is 12.1 Å². The topological polar surface area (TPSA) is 110 Å². The fourth-order valence-electron chi connectivity index (χ4n) is 6.88. The Kier molecular flexibility index (Phi) is 3.73. The van der Waals surface area contributed by atoms with E-state index in [2.05, 4.69) is 25.7 Å². The summed E-state index contributed by atoms with van der Waals surface area (Å²) in [6.07, 6.45) is 8.08. The highest BCUT2D eigenvalue weighted by atomic mass is 16.2. The van der Waals surface area contributed by atoms with Crippen molar-refractivity contribution in [2.75, 3.05) is 0 Å². The van der Waals surface area contributed by atoms with Gasteiger partial charge in [0, 0.05) is 18.5 Å². The van der Waals surface area contributed by atoms with E-state index in [9.17, 15) is 9.59 Å². The Morgan fingerprint density at radius 1 is 1.20 bits per heavy atom. The molecule has 3 aromatic rings. The highest BCUT2D eigenvalue weighted by Crippen LogP contribution is 2.60. The molecule has 0 radical (unpaired) electrons. The Balaban J connectivity index is 1.20. The maximum Gasteiger partial charge on any atom is 0.326 e. The molecule has 2 heterocycles. The molecule has 9 nitrogen and oxygen atoms in total. The van der Waals surface area contributed by atoms with Crippen LogP contribution < -0.4 is 11.0 Å². The van der Waals surface area contributed by atoms with E-state index in [-0.39, 0.29) is 29.1 Å². The van der Waals surface area contributed by atoms with Gasteiger partial charge in [0.05, 0.1) is 16.6 Å². The van der Waals surface area contributed by atoms with E-state index in [1.54, 1.807) is 9.36 Å². The van der Waals surface area contributed by atoms with Crippen LogP contribution in [0.4, 0.5) is 0 Å². The molecule has 4 saturated carbocycles. The number of imidazole rings is 1. The summed E-state index contributed by atoms with van der Waals surface area (Å²) in [5, 5.41) is 15.9. The molecule has 2 unspecified atom stereocenters. The lowest BCUT2D eigenvalue weighted by Gasteiger charge is -2.61. The van der Waals surface area contributed by atoms with Gasteiger partial charge >= 0.3 is 5.69 Å². The number of nitrogens with one attached hydrogen (secondary N) is 2. The van der Waals surface area contributed by atoms with E-state index in [0.717, 1.165) is 43.1 Å². The standard InChI is InChI=1S/C21H25N7O2/c29-18(5-6-27-17-4-2-1-3-16(17)24-19(27)30)25-20-8-14-7-15(9-20)11-21(10-14,12-20)28-23-13-22-26-28/h1-4,13-15H,5-12H2,(H,24,30)(H,25,29). The lowest BCUT2D eigenvalue weighted by molar-refractivity contribution is -0.131. The van der Waals surface area contributed by atoms with E-state index in [4.69, 9.17) is 0 Å². The second-order valence-corrected chi connectivity index (χ2v) is 9.59. The number of hydrogen-bond donors (Lipinski definition) is 2. The van der Waals surface area contributed by atoms with Crippen LogP contribution in [0.25, 0.3) is 11.0 Å². The summed E-state index contributed by atoms with van der Waals surface area (Å²) in [7, 11) is 0.